The second-order valence-corrected chi connectivity index (χ2v) is 9.59. The highest BCUT2D eigenvalue weighted by atomic mass is 28.3. The maximum Gasteiger partial charge on any atom is 0.255 e. The molecule has 0 amide bonds. The van der Waals surface area contributed by atoms with E-state index in [1.807, 2.05) is 30.3 Å². The molecule has 15 heavy (non-hydrogen) atoms. The van der Waals surface area contributed by atoms with Crippen LogP contribution in [-0.4, -0.2) is 24.7 Å². The van der Waals surface area contributed by atoms with Gasteiger partial charge in [-0.1, -0.05) is 37.8 Å². The summed E-state index contributed by atoms with van der Waals surface area (Å²) in [6.45, 7) is 7.11. The highest BCUT2D eigenvalue weighted by Crippen LogP contribution is 2.07. The molecule has 0 aromatic heterocycles. The molecule has 3 nitrogen and oxygen atoms in total. The third-order valence-corrected chi connectivity index (χ3v) is 4.23. The smallest absolute Gasteiger partial charge is 0.255 e. The summed E-state index contributed by atoms with van der Waals surface area (Å²) in [5.74, 6) is 0. The third kappa shape index (κ3) is 3.70. The van der Waals surface area contributed by atoms with Gasteiger partial charge in [-0.2, -0.15) is 4.79 Å². The zero-order chi connectivity index (χ0) is 11.3. The van der Waals surface area contributed by atoms with Gasteiger partial charge < -0.3 is 10.8 Å². The van der Waals surface area contributed by atoms with Crippen molar-refractivity contribution in [3.63, 3.8) is 0 Å². The molecular formula is C11H17N3Si. The Bertz CT molecular complexity index is 361. The van der Waals surface area contributed by atoms with Gasteiger partial charge in [-0.15, -0.1) is 0 Å². The molecule has 0 aliphatic carbocycles. The number of hydrogen-bond donors (Lipinski definition) is 1. The number of para-hydroxylation sites is 1. The molecule has 0 unspecified atom stereocenters. The number of hydrogen-bond acceptors (Lipinski definition) is 1. The minimum atomic E-state index is -1.50. The second-order valence-electron chi connectivity index (χ2n) is 4.52. The Balaban J connectivity index is 2.61. The van der Waals surface area contributed by atoms with Gasteiger partial charge in [0, 0.05) is 5.69 Å². The van der Waals surface area contributed by atoms with Crippen LogP contribution in [0.3, 0.4) is 0 Å². The lowest BCUT2D eigenvalue weighted by Crippen LogP contribution is -2.39. The summed E-state index contributed by atoms with van der Waals surface area (Å²) in [6, 6.07) is 9.93. The maximum atomic E-state index is 8.92. The minimum absolute atomic E-state index is 0.621. The fourth-order valence-electron chi connectivity index (χ4n) is 1.19. The van der Waals surface area contributed by atoms with Crippen LogP contribution in [-0.2, 0) is 0 Å². The lowest BCUT2D eigenvalue weighted by molar-refractivity contribution is -0.00246. The predicted molar refractivity (Wildman–Crippen MR) is 66.9 cm³/mol. The van der Waals surface area contributed by atoms with E-state index in [1.54, 1.807) is 0 Å². The Hall–Kier alpha value is -1.38. The van der Waals surface area contributed by atoms with Crippen LogP contribution in [0.1, 0.15) is 0 Å². The standard InChI is InChI=1S/C11H17N3Si/c1-15(2,3)11(14-12)9-13-10-7-5-4-6-8-10/h4-8,13H,9H2,1-3H3. The van der Waals surface area contributed by atoms with Gasteiger partial charge >= 0.3 is 0 Å². The van der Waals surface area contributed by atoms with E-state index in [2.05, 4.69) is 29.7 Å². The molecule has 0 aliphatic heterocycles. The zero-order valence-corrected chi connectivity index (χ0v) is 10.5. The molecule has 0 atom stereocenters. The van der Waals surface area contributed by atoms with Crippen LogP contribution in [0.15, 0.2) is 30.3 Å². The lowest BCUT2D eigenvalue weighted by atomic mass is 10.3. The summed E-state index contributed by atoms with van der Waals surface area (Å²) in [7, 11) is -1.50. The van der Waals surface area contributed by atoms with Crippen LogP contribution >= 0.6 is 0 Å². The fraction of sp³-hybridized carbons (Fsp3) is 0.364. The lowest BCUT2D eigenvalue weighted by Gasteiger charge is -2.11. The summed E-state index contributed by atoms with van der Waals surface area (Å²) < 4.78 is 0. The number of rotatable bonds is 4. The summed E-state index contributed by atoms with van der Waals surface area (Å²) >= 11 is 0. The van der Waals surface area contributed by atoms with Gasteiger partial charge in [0.2, 0.25) is 0 Å². The van der Waals surface area contributed by atoms with Gasteiger partial charge in [-0.3, -0.25) is 0 Å². The van der Waals surface area contributed by atoms with E-state index in [9.17, 15) is 0 Å². The molecule has 1 rings (SSSR count). The van der Waals surface area contributed by atoms with Crippen LogP contribution in [0.2, 0.25) is 19.6 Å². The number of nitrogens with one attached hydrogen (secondary N) is 1. The summed E-state index contributed by atoms with van der Waals surface area (Å²) in [4.78, 5) is 3.39. The monoisotopic (exact) mass is 219 g/mol. The first-order valence-electron chi connectivity index (χ1n) is 5.04. The molecule has 0 bridgehead atoms. The highest BCUT2D eigenvalue weighted by Gasteiger charge is 2.29. The Morgan fingerprint density at radius 2 is 1.87 bits per heavy atom. The molecule has 0 saturated carbocycles. The maximum absolute atomic E-state index is 8.92. The van der Waals surface area contributed by atoms with Crippen LogP contribution < -0.4 is 5.32 Å². The third-order valence-electron chi connectivity index (χ3n) is 2.22. The van der Waals surface area contributed by atoms with Crippen molar-refractivity contribution in [3.05, 3.63) is 35.9 Å². The number of nitrogens with zero attached hydrogens (tertiary/aromatic N) is 2. The van der Waals surface area contributed by atoms with Crippen LogP contribution in [0.25, 0.3) is 5.53 Å². The van der Waals surface area contributed by atoms with E-state index in [4.69, 9.17) is 5.53 Å². The van der Waals surface area contributed by atoms with Gasteiger partial charge in [0.25, 0.3) is 5.33 Å². The average molecular weight is 219 g/mol. The van der Waals surface area contributed by atoms with Crippen molar-refractivity contribution in [1.82, 2.24) is 0 Å². The molecule has 0 saturated heterocycles. The van der Waals surface area contributed by atoms with Gasteiger partial charge in [-0.25, -0.2) is 0 Å². The first-order chi connectivity index (χ1) is 7.04. The minimum Gasteiger partial charge on any atom is -0.375 e. The first kappa shape index (κ1) is 11.7. The van der Waals surface area contributed by atoms with E-state index >= 15 is 0 Å². The van der Waals surface area contributed by atoms with E-state index in [-0.39, 0.29) is 0 Å². The zero-order valence-electron chi connectivity index (χ0n) is 9.49. The van der Waals surface area contributed by atoms with E-state index in [0.717, 1.165) is 11.0 Å². The molecule has 1 aromatic rings. The van der Waals surface area contributed by atoms with Crippen LogP contribution in [0, 0.1) is 0 Å². The summed E-state index contributed by atoms with van der Waals surface area (Å²) in [5.41, 5.74) is 9.98. The Kier molecular flexibility index (Phi) is 3.83. The van der Waals surface area contributed by atoms with Gasteiger partial charge in [0.15, 0.2) is 8.07 Å². The Morgan fingerprint density at radius 3 is 2.33 bits per heavy atom. The van der Waals surface area contributed by atoms with Crippen LogP contribution in [0.4, 0.5) is 5.69 Å². The Labute approximate surface area is 91.8 Å². The van der Waals surface area contributed by atoms with Crippen molar-refractivity contribution in [2.75, 3.05) is 11.9 Å². The second kappa shape index (κ2) is 4.91. The Morgan fingerprint density at radius 1 is 1.27 bits per heavy atom. The van der Waals surface area contributed by atoms with Crippen molar-refractivity contribution in [1.29, 1.82) is 0 Å². The topological polar surface area (TPSA) is 48.4 Å². The molecular weight excluding hydrogens is 202 g/mol. The molecule has 1 N–H and O–H groups in total. The van der Waals surface area contributed by atoms with Crippen molar-refractivity contribution >= 4 is 19.1 Å². The molecule has 0 fully saturated rings. The summed E-state index contributed by atoms with van der Waals surface area (Å²) in [6.07, 6.45) is 0. The SMILES string of the molecule is C[Si](C)(C)C(CNc1ccccc1)=[N+]=[N-]. The van der Waals surface area contributed by atoms with Gasteiger partial charge in [-0.05, 0) is 12.1 Å². The van der Waals surface area contributed by atoms with E-state index in [1.165, 1.54) is 0 Å². The highest BCUT2D eigenvalue weighted by molar-refractivity contribution is 7.03. The molecule has 0 radical (unpaired) electrons. The van der Waals surface area contributed by atoms with E-state index < -0.39 is 8.07 Å². The number of anilines is 1. The first-order valence-corrected chi connectivity index (χ1v) is 8.54. The fourth-order valence-corrected chi connectivity index (χ4v) is 2.11. The molecule has 0 aliphatic rings. The van der Waals surface area contributed by atoms with Crippen molar-refractivity contribution in [3.8, 4) is 0 Å². The molecule has 4 heteroatoms. The molecule has 1 aromatic carbocycles. The van der Waals surface area contributed by atoms with Gasteiger partial charge in [0.1, 0.15) is 6.54 Å². The molecule has 0 spiro atoms. The number of benzene rings is 1. The molecule has 80 valence electrons. The van der Waals surface area contributed by atoms with Crippen molar-refractivity contribution in [2.24, 2.45) is 0 Å². The van der Waals surface area contributed by atoms with Gasteiger partial charge in [0.05, 0.1) is 0 Å². The largest absolute Gasteiger partial charge is 0.375 e. The summed E-state index contributed by atoms with van der Waals surface area (Å²) in [5, 5.41) is 4.13. The van der Waals surface area contributed by atoms with Crippen molar-refractivity contribution in [2.45, 2.75) is 19.6 Å². The van der Waals surface area contributed by atoms with Crippen LogP contribution in [0.5, 0.6) is 0 Å². The molecule has 0 heterocycles. The quantitative estimate of drug-likeness (QED) is 0.360. The van der Waals surface area contributed by atoms with Crippen molar-refractivity contribution < 1.29 is 4.79 Å². The predicted octanol–water partition coefficient (Wildman–Crippen LogP) is 2.65. The average Bonchev–Trinajstić information content (AvgIpc) is 2.18. The normalized spacial score (nSPS) is 10.6. The van der Waals surface area contributed by atoms with E-state index in [0.29, 0.717) is 6.54 Å².